The standard InChI is InChI=1S/C29H34N4O6/c1-19(2)39-27(35)24(32-29(36)38-17-21-7-4-3-5-8-21)16-25-23-11-9-20(15-22(23)18-37-25)10-12-26(34)33-28-30-13-6-14-31-28/h3-5,7-9,11,15,18-19,24H,6,10,12-14,16-17H2,1-2H3,(H,32,36)(H2,30,31,33,34). The number of rotatable bonds is 10. The van der Waals surface area contributed by atoms with Crippen molar-refractivity contribution in [2.24, 2.45) is 4.99 Å². The van der Waals surface area contributed by atoms with E-state index < -0.39 is 18.1 Å². The fourth-order valence-corrected chi connectivity index (χ4v) is 4.14. The van der Waals surface area contributed by atoms with Crippen LogP contribution in [0, 0.1) is 0 Å². The highest BCUT2D eigenvalue weighted by Crippen LogP contribution is 2.24. The Bertz CT molecular complexity index is 1320. The number of amides is 2. The second kappa shape index (κ2) is 13.5. The number of ether oxygens (including phenoxy) is 2. The van der Waals surface area contributed by atoms with Crippen LogP contribution in [0.2, 0.25) is 0 Å². The topological polar surface area (TPSA) is 131 Å². The summed E-state index contributed by atoms with van der Waals surface area (Å²) in [7, 11) is 0. The first-order valence-corrected chi connectivity index (χ1v) is 13.1. The van der Waals surface area contributed by atoms with Crippen molar-refractivity contribution >= 4 is 34.7 Å². The SMILES string of the molecule is CC(C)OC(=O)C(Cc1occ2cc(CCC(=O)NC3=NCCCN3)ccc12)NC(=O)OCc1ccccc1. The normalized spacial score (nSPS) is 13.8. The Balaban J connectivity index is 1.38. The molecule has 0 spiro atoms. The van der Waals surface area contributed by atoms with Gasteiger partial charge in [0.05, 0.1) is 12.4 Å². The minimum Gasteiger partial charge on any atom is -0.468 e. The summed E-state index contributed by atoms with van der Waals surface area (Å²) in [5, 5.41) is 10.1. The van der Waals surface area contributed by atoms with Crippen LogP contribution in [0.3, 0.4) is 0 Å². The molecular formula is C29H34N4O6. The molecule has 0 saturated carbocycles. The number of aryl methyl sites for hydroxylation is 1. The number of guanidine groups is 1. The van der Waals surface area contributed by atoms with Crippen molar-refractivity contribution in [2.45, 2.75) is 58.3 Å². The minimum atomic E-state index is -0.996. The van der Waals surface area contributed by atoms with Gasteiger partial charge < -0.3 is 24.5 Å². The number of furan rings is 1. The van der Waals surface area contributed by atoms with Crippen LogP contribution < -0.4 is 16.0 Å². The third-order valence-corrected chi connectivity index (χ3v) is 6.07. The fourth-order valence-electron chi connectivity index (χ4n) is 4.14. The number of alkyl carbamates (subject to hydrolysis) is 1. The smallest absolute Gasteiger partial charge is 0.408 e. The number of hydrogen-bond acceptors (Lipinski definition) is 8. The van der Waals surface area contributed by atoms with E-state index >= 15 is 0 Å². The van der Waals surface area contributed by atoms with Crippen molar-refractivity contribution < 1.29 is 28.3 Å². The number of esters is 1. The van der Waals surface area contributed by atoms with E-state index in [4.69, 9.17) is 13.9 Å². The lowest BCUT2D eigenvalue weighted by Gasteiger charge is -2.18. The molecule has 2 heterocycles. The first-order valence-electron chi connectivity index (χ1n) is 13.1. The number of carbonyl (C=O) groups excluding carboxylic acids is 3. The maximum absolute atomic E-state index is 12.8. The number of carbonyl (C=O) groups is 3. The van der Waals surface area contributed by atoms with Crippen molar-refractivity contribution in [1.82, 2.24) is 16.0 Å². The van der Waals surface area contributed by atoms with Crippen molar-refractivity contribution in [3.63, 3.8) is 0 Å². The van der Waals surface area contributed by atoms with E-state index in [1.165, 1.54) is 0 Å². The lowest BCUT2D eigenvalue weighted by atomic mass is 10.0. The zero-order valence-corrected chi connectivity index (χ0v) is 22.2. The van der Waals surface area contributed by atoms with E-state index in [2.05, 4.69) is 20.9 Å². The Labute approximate surface area is 227 Å². The first-order chi connectivity index (χ1) is 18.9. The van der Waals surface area contributed by atoms with E-state index in [1.807, 2.05) is 48.5 Å². The first kappa shape index (κ1) is 27.7. The van der Waals surface area contributed by atoms with E-state index in [0.717, 1.165) is 34.9 Å². The third-order valence-electron chi connectivity index (χ3n) is 6.07. The summed E-state index contributed by atoms with van der Waals surface area (Å²) in [6, 6.07) is 14.0. The van der Waals surface area contributed by atoms with Gasteiger partial charge in [-0.3, -0.25) is 15.1 Å². The Kier molecular flexibility index (Phi) is 9.55. The molecule has 1 unspecified atom stereocenters. The van der Waals surface area contributed by atoms with Gasteiger partial charge in [-0.2, -0.15) is 0 Å². The number of nitrogens with zero attached hydrogens (tertiary/aromatic N) is 1. The summed E-state index contributed by atoms with van der Waals surface area (Å²) in [6.07, 6.45) is 2.44. The van der Waals surface area contributed by atoms with Gasteiger partial charge in [-0.25, -0.2) is 9.59 Å². The lowest BCUT2D eigenvalue weighted by Crippen LogP contribution is -2.44. The van der Waals surface area contributed by atoms with Crippen LogP contribution in [0.5, 0.6) is 0 Å². The maximum Gasteiger partial charge on any atom is 0.408 e. The molecule has 0 aliphatic carbocycles. The molecule has 0 fully saturated rings. The van der Waals surface area contributed by atoms with E-state index in [0.29, 0.717) is 31.1 Å². The molecule has 10 nitrogen and oxygen atoms in total. The molecule has 2 amide bonds. The highest BCUT2D eigenvalue weighted by molar-refractivity contribution is 5.97. The average molecular weight is 535 g/mol. The lowest BCUT2D eigenvalue weighted by molar-refractivity contribution is -0.149. The quantitative estimate of drug-likeness (QED) is 0.339. The fraction of sp³-hybridized carbons (Fsp3) is 0.379. The Hall–Kier alpha value is -4.34. The second-order valence-electron chi connectivity index (χ2n) is 9.59. The van der Waals surface area contributed by atoms with Crippen LogP contribution in [-0.4, -0.2) is 49.2 Å². The highest BCUT2D eigenvalue weighted by atomic mass is 16.6. The van der Waals surface area contributed by atoms with Gasteiger partial charge >= 0.3 is 12.1 Å². The molecule has 10 heteroatoms. The van der Waals surface area contributed by atoms with Gasteiger partial charge in [0.1, 0.15) is 18.4 Å². The molecule has 1 aromatic heterocycles. The minimum absolute atomic E-state index is 0.0771. The van der Waals surface area contributed by atoms with E-state index in [1.54, 1.807) is 20.1 Å². The molecule has 0 saturated heterocycles. The van der Waals surface area contributed by atoms with Gasteiger partial charge in [-0.05, 0) is 43.9 Å². The van der Waals surface area contributed by atoms with Crippen LogP contribution in [0.1, 0.15) is 43.6 Å². The number of aliphatic imine (C=N–C) groups is 1. The molecule has 1 aliphatic heterocycles. The Morgan fingerprint density at radius 2 is 1.92 bits per heavy atom. The Morgan fingerprint density at radius 3 is 2.67 bits per heavy atom. The van der Waals surface area contributed by atoms with Gasteiger partial charge in [-0.15, -0.1) is 0 Å². The number of hydrogen-bond donors (Lipinski definition) is 3. The van der Waals surface area contributed by atoms with Crippen LogP contribution >= 0.6 is 0 Å². The average Bonchev–Trinajstić information content (AvgIpc) is 3.33. The van der Waals surface area contributed by atoms with Gasteiger partial charge in [0.2, 0.25) is 5.91 Å². The van der Waals surface area contributed by atoms with Crippen LogP contribution in [0.15, 0.2) is 64.2 Å². The zero-order valence-electron chi connectivity index (χ0n) is 22.2. The zero-order chi connectivity index (χ0) is 27.6. The van der Waals surface area contributed by atoms with Gasteiger partial charge in [0.15, 0.2) is 5.96 Å². The number of benzene rings is 2. The summed E-state index contributed by atoms with van der Waals surface area (Å²) < 4.78 is 16.5. The summed E-state index contributed by atoms with van der Waals surface area (Å²) in [4.78, 5) is 41.8. The highest BCUT2D eigenvalue weighted by Gasteiger charge is 2.26. The summed E-state index contributed by atoms with van der Waals surface area (Å²) >= 11 is 0. The van der Waals surface area contributed by atoms with Crippen molar-refractivity contribution in [3.05, 3.63) is 71.7 Å². The second-order valence-corrected chi connectivity index (χ2v) is 9.59. The van der Waals surface area contributed by atoms with E-state index in [9.17, 15) is 14.4 Å². The molecule has 3 aromatic rings. The Morgan fingerprint density at radius 1 is 1.10 bits per heavy atom. The summed E-state index contributed by atoms with van der Waals surface area (Å²) in [5.41, 5.74) is 1.81. The van der Waals surface area contributed by atoms with Gasteiger partial charge in [-0.1, -0.05) is 42.5 Å². The predicted molar refractivity (Wildman–Crippen MR) is 146 cm³/mol. The molecule has 1 aliphatic rings. The monoisotopic (exact) mass is 534 g/mol. The molecule has 39 heavy (non-hydrogen) atoms. The molecule has 4 rings (SSSR count). The molecular weight excluding hydrogens is 500 g/mol. The summed E-state index contributed by atoms with van der Waals surface area (Å²) in [5.74, 6) is 0.382. The third kappa shape index (κ3) is 8.33. The molecule has 2 aromatic carbocycles. The summed E-state index contributed by atoms with van der Waals surface area (Å²) in [6.45, 7) is 5.08. The number of fused-ring (bicyclic) bond motifs is 1. The van der Waals surface area contributed by atoms with Crippen LogP contribution in [0.25, 0.3) is 10.8 Å². The van der Waals surface area contributed by atoms with Crippen LogP contribution in [-0.2, 0) is 38.5 Å². The van der Waals surface area contributed by atoms with Crippen LogP contribution in [0.4, 0.5) is 4.79 Å². The van der Waals surface area contributed by atoms with Gasteiger partial charge in [0.25, 0.3) is 0 Å². The van der Waals surface area contributed by atoms with Crippen molar-refractivity contribution in [1.29, 1.82) is 0 Å². The number of nitrogens with one attached hydrogen (secondary N) is 3. The van der Waals surface area contributed by atoms with Crippen molar-refractivity contribution in [3.8, 4) is 0 Å². The maximum atomic E-state index is 12.8. The van der Waals surface area contributed by atoms with Gasteiger partial charge in [0, 0.05) is 36.7 Å². The van der Waals surface area contributed by atoms with E-state index in [-0.39, 0.29) is 25.0 Å². The molecule has 0 bridgehead atoms. The molecule has 206 valence electrons. The van der Waals surface area contributed by atoms with Crippen molar-refractivity contribution in [2.75, 3.05) is 13.1 Å². The molecule has 1 atom stereocenters. The largest absolute Gasteiger partial charge is 0.468 e. The predicted octanol–water partition coefficient (Wildman–Crippen LogP) is 3.62. The molecule has 0 radical (unpaired) electrons. The molecule has 3 N–H and O–H groups in total.